The molecule has 1 aliphatic rings. The second-order valence-electron chi connectivity index (χ2n) is 3.55. The van der Waals surface area contributed by atoms with E-state index in [2.05, 4.69) is 0 Å². The standard InChI is InChI=1S/C7H15O7P/c8-3-5-7(10)6(9)4(14-5)1-2-15(11,12)13/h4-10H,1-3H2,(H2,11,12,13)/t4-,5-,6-,7-/m1/s1. The van der Waals surface area contributed by atoms with Crippen LogP contribution in [0.3, 0.4) is 0 Å². The third-order valence-corrected chi connectivity index (χ3v) is 3.19. The summed E-state index contributed by atoms with van der Waals surface area (Å²) in [4.78, 5) is 17.2. The van der Waals surface area contributed by atoms with Gasteiger partial charge in [-0.15, -0.1) is 0 Å². The first-order chi connectivity index (χ1) is 6.85. The van der Waals surface area contributed by atoms with Crippen molar-refractivity contribution in [2.75, 3.05) is 12.8 Å². The Morgan fingerprint density at radius 1 is 1.13 bits per heavy atom. The molecule has 0 bridgehead atoms. The van der Waals surface area contributed by atoms with Gasteiger partial charge in [0.25, 0.3) is 0 Å². The number of ether oxygens (including phenoxy) is 1. The zero-order valence-electron chi connectivity index (χ0n) is 7.93. The fourth-order valence-corrected chi connectivity index (χ4v) is 2.10. The maximum atomic E-state index is 10.6. The molecule has 0 radical (unpaired) electrons. The molecule has 4 atom stereocenters. The Hall–Kier alpha value is -0.0100. The van der Waals surface area contributed by atoms with E-state index in [1.54, 1.807) is 0 Å². The summed E-state index contributed by atoms with van der Waals surface area (Å²) in [6, 6.07) is 0. The van der Waals surface area contributed by atoms with Crippen LogP contribution in [0.15, 0.2) is 0 Å². The fourth-order valence-electron chi connectivity index (χ4n) is 1.51. The van der Waals surface area contributed by atoms with Crippen molar-refractivity contribution in [2.45, 2.75) is 30.8 Å². The third-order valence-electron chi connectivity index (χ3n) is 2.35. The normalized spacial score (nSPS) is 37.1. The van der Waals surface area contributed by atoms with E-state index in [1.165, 1.54) is 0 Å². The SMILES string of the molecule is O=P(O)(O)CC[C@H]1O[C@H](CO)[C@@H](O)[C@@H]1O. The molecule has 0 aliphatic carbocycles. The van der Waals surface area contributed by atoms with Crippen LogP contribution in [0.1, 0.15) is 6.42 Å². The van der Waals surface area contributed by atoms with Gasteiger partial charge >= 0.3 is 7.60 Å². The van der Waals surface area contributed by atoms with Gasteiger partial charge in [0.1, 0.15) is 18.3 Å². The van der Waals surface area contributed by atoms with Crippen molar-refractivity contribution < 1.29 is 34.4 Å². The number of hydrogen-bond acceptors (Lipinski definition) is 5. The first kappa shape index (κ1) is 13.1. The van der Waals surface area contributed by atoms with Gasteiger partial charge in [-0.25, -0.2) is 0 Å². The Kier molecular flexibility index (Phi) is 4.25. The number of aliphatic hydroxyl groups is 3. The van der Waals surface area contributed by atoms with E-state index in [0.717, 1.165) is 0 Å². The molecule has 90 valence electrons. The van der Waals surface area contributed by atoms with Crippen LogP contribution in [0.25, 0.3) is 0 Å². The molecule has 0 saturated carbocycles. The van der Waals surface area contributed by atoms with Gasteiger partial charge in [0.2, 0.25) is 0 Å². The van der Waals surface area contributed by atoms with Crippen molar-refractivity contribution in [1.82, 2.24) is 0 Å². The predicted octanol–water partition coefficient (Wildman–Crippen LogP) is -1.96. The molecule has 0 aromatic heterocycles. The smallest absolute Gasteiger partial charge is 0.325 e. The van der Waals surface area contributed by atoms with Crippen molar-refractivity contribution >= 4 is 7.60 Å². The molecule has 5 N–H and O–H groups in total. The van der Waals surface area contributed by atoms with E-state index in [-0.39, 0.29) is 6.42 Å². The molecule has 1 saturated heterocycles. The first-order valence-corrected chi connectivity index (χ1v) is 6.32. The van der Waals surface area contributed by atoms with Crippen LogP contribution in [-0.4, -0.2) is 62.3 Å². The molecule has 1 heterocycles. The summed E-state index contributed by atoms with van der Waals surface area (Å²) < 4.78 is 15.6. The maximum Gasteiger partial charge on any atom is 0.325 e. The van der Waals surface area contributed by atoms with Gasteiger partial charge in [0.05, 0.1) is 18.9 Å². The highest BCUT2D eigenvalue weighted by atomic mass is 31.2. The largest absolute Gasteiger partial charge is 0.394 e. The number of rotatable bonds is 4. The van der Waals surface area contributed by atoms with Gasteiger partial charge in [-0.1, -0.05) is 0 Å². The quantitative estimate of drug-likeness (QED) is 0.362. The average Bonchev–Trinajstić information content (AvgIpc) is 2.40. The first-order valence-electron chi connectivity index (χ1n) is 4.52. The summed E-state index contributed by atoms with van der Waals surface area (Å²) in [5.41, 5.74) is 0. The van der Waals surface area contributed by atoms with Crippen molar-refractivity contribution in [3.8, 4) is 0 Å². The Bertz CT molecular complexity index is 252. The molecule has 0 spiro atoms. The molecule has 0 aromatic carbocycles. The maximum absolute atomic E-state index is 10.6. The van der Waals surface area contributed by atoms with Crippen LogP contribution in [0.4, 0.5) is 0 Å². The molecule has 15 heavy (non-hydrogen) atoms. The summed E-state index contributed by atoms with van der Waals surface area (Å²) in [5, 5.41) is 27.5. The van der Waals surface area contributed by atoms with Crippen molar-refractivity contribution in [3.63, 3.8) is 0 Å². The Labute approximate surface area is 86.5 Å². The summed E-state index contributed by atoms with van der Waals surface area (Å²) in [6.07, 6.45) is -4.63. The number of hydrogen-bond donors (Lipinski definition) is 5. The lowest BCUT2D eigenvalue weighted by molar-refractivity contribution is -0.0226. The Balaban J connectivity index is 2.47. The minimum Gasteiger partial charge on any atom is -0.394 e. The molecule has 8 heteroatoms. The molecule has 1 aliphatic heterocycles. The Morgan fingerprint density at radius 3 is 2.07 bits per heavy atom. The minimum atomic E-state index is -4.13. The van der Waals surface area contributed by atoms with Crippen LogP contribution in [0.5, 0.6) is 0 Å². The second-order valence-corrected chi connectivity index (χ2v) is 5.33. The summed E-state index contributed by atoms with van der Waals surface area (Å²) in [5.74, 6) is 0. The van der Waals surface area contributed by atoms with Gasteiger partial charge < -0.3 is 29.8 Å². The molecule has 1 fully saturated rings. The number of aliphatic hydroxyl groups excluding tert-OH is 3. The van der Waals surface area contributed by atoms with E-state index in [4.69, 9.17) is 19.6 Å². The van der Waals surface area contributed by atoms with E-state index in [0.29, 0.717) is 0 Å². The van der Waals surface area contributed by atoms with Gasteiger partial charge in [0.15, 0.2) is 0 Å². The molecule has 1 rings (SSSR count). The van der Waals surface area contributed by atoms with E-state index in [1.807, 2.05) is 0 Å². The van der Waals surface area contributed by atoms with Gasteiger partial charge in [-0.2, -0.15) is 0 Å². The lowest BCUT2D eigenvalue weighted by Gasteiger charge is -2.14. The molecule has 0 unspecified atom stereocenters. The summed E-state index contributed by atoms with van der Waals surface area (Å²) in [7, 11) is -4.13. The highest BCUT2D eigenvalue weighted by Crippen LogP contribution is 2.37. The third kappa shape index (κ3) is 3.49. The fraction of sp³-hybridized carbons (Fsp3) is 1.00. The van der Waals surface area contributed by atoms with Crippen LogP contribution < -0.4 is 0 Å². The zero-order valence-corrected chi connectivity index (χ0v) is 8.82. The predicted molar refractivity (Wildman–Crippen MR) is 49.3 cm³/mol. The minimum absolute atomic E-state index is 0.0565. The van der Waals surface area contributed by atoms with E-state index in [9.17, 15) is 14.8 Å². The second kappa shape index (κ2) is 4.88. The van der Waals surface area contributed by atoms with E-state index >= 15 is 0 Å². The topological polar surface area (TPSA) is 127 Å². The highest BCUT2D eigenvalue weighted by Gasteiger charge is 2.42. The van der Waals surface area contributed by atoms with Gasteiger partial charge in [-0.3, -0.25) is 4.57 Å². The highest BCUT2D eigenvalue weighted by molar-refractivity contribution is 7.51. The summed E-state index contributed by atoms with van der Waals surface area (Å²) >= 11 is 0. The van der Waals surface area contributed by atoms with Crippen LogP contribution in [0, 0.1) is 0 Å². The van der Waals surface area contributed by atoms with Crippen LogP contribution >= 0.6 is 7.60 Å². The van der Waals surface area contributed by atoms with Crippen molar-refractivity contribution in [3.05, 3.63) is 0 Å². The van der Waals surface area contributed by atoms with Crippen molar-refractivity contribution in [1.29, 1.82) is 0 Å². The van der Waals surface area contributed by atoms with Crippen molar-refractivity contribution in [2.24, 2.45) is 0 Å². The summed E-state index contributed by atoms with van der Waals surface area (Å²) in [6.45, 7) is -0.440. The lowest BCUT2D eigenvalue weighted by Crippen LogP contribution is -2.34. The molecule has 0 amide bonds. The molecular formula is C7H15O7P. The van der Waals surface area contributed by atoms with Crippen LogP contribution in [0.2, 0.25) is 0 Å². The molecule has 7 nitrogen and oxygen atoms in total. The van der Waals surface area contributed by atoms with Gasteiger partial charge in [0, 0.05) is 0 Å². The monoisotopic (exact) mass is 242 g/mol. The Morgan fingerprint density at radius 2 is 1.67 bits per heavy atom. The van der Waals surface area contributed by atoms with Crippen LogP contribution in [-0.2, 0) is 9.30 Å². The average molecular weight is 242 g/mol. The molecule has 0 aromatic rings. The van der Waals surface area contributed by atoms with E-state index < -0.39 is 44.8 Å². The lowest BCUT2D eigenvalue weighted by atomic mass is 10.1. The zero-order chi connectivity index (χ0) is 11.6. The van der Waals surface area contributed by atoms with Gasteiger partial charge in [-0.05, 0) is 6.42 Å². The molecular weight excluding hydrogens is 227 g/mol.